The average molecular weight is 1940 g/mol. The number of nitrogens with one attached hydrogen (secondary N) is 3. The molecule has 711 valence electrons. The number of aromatic nitrogens is 6. The van der Waals surface area contributed by atoms with E-state index in [1.54, 1.807) is 32.4 Å². The number of nitrogens with zero attached hydrogens (tertiary/aromatic N) is 9. The first kappa shape index (κ1) is 101. The number of fused-ring (bicyclic) bond motifs is 19. The molecule has 6 amide bonds. The van der Waals surface area contributed by atoms with Crippen molar-refractivity contribution >= 4 is 88.0 Å². The fourth-order valence-corrected chi connectivity index (χ4v) is 21.1. The van der Waals surface area contributed by atoms with Gasteiger partial charge in [-0.2, -0.15) is 0 Å². The smallest absolute Gasteiger partial charge is 0.408 e. The second-order valence-electron chi connectivity index (χ2n) is 41.2. The number of alkyl carbamates (subject to hydrolysis) is 3. The molecule has 6 saturated carbocycles. The summed E-state index contributed by atoms with van der Waals surface area (Å²) in [5.41, 5.74) is 3.85. The van der Waals surface area contributed by atoms with Crippen LogP contribution in [-0.2, 0) is 111 Å². The quantitative estimate of drug-likeness (QED) is 0.0941. The van der Waals surface area contributed by atoms with Crippen LogP contribution in [-0.4, -0.2) is 219 Å². The number of benzene rings is 3. The van der Waals surface area contributed by atoms with E-state index in [4.69, 9.17) is 62.6 Å². The fraction of sp³-hybridized carbons (Fsp3) is 0.660. The summed E-state index contributed by atoms with van der Waals surface area (Å²) in [5, 5.41) is 8.46. The van der Waals surface area contributed by atoms with Crippen LogP contribution in [0.1, 0.15) is 222 Å². The van der Waals surface area contributed by atoms with E-state index >= 15 is 8.78 Å². The van der Waals surface area contributed by atoms with Crippen LogP contribution in [0.3, 0.4) is 0 Å². The molecule has 18 rings (SSSR count). The van der Waals surface area contributed by atoms with E-state index in [0.717, 1.165) is 99.5 Å². The van der Waals surface area contributed by atoms with E-state index < -0.39 is 119 Å². The minimum Gasteiger partial charge on any atom is -0.540 e. The van der Waals surface area contributed by atoms with Gasteiger partial charge in [0.1, 0.15) is 89.1 Å². The Hall–Kier alpha value is -8.68. The van der Waals surface area contributed by atoms with Crippen LogP contribution in [0.25, 0.3) is 33.1 Å². The molecule has 2 unspecified atom stereocenters. The molecule has 20 atom stereocenters. The molecule has 132 heavy (non-hydrogen) atoms. The van der Waals surface area contributed by atoms with Gasteiger partial charge in [-0.15, -0.1) is 0 Å². The van der Waals surface area contributed by atoms with Gasteiger partial charge in [-0.1, -0.05) is 133 Å². The van der Waals surface area contributed by atoms with Crippen molar-refractivity contribution in [2.75, 3.05) is 41.0 Å². The zero-order valence-electron chi connectivity index (χ0n) is 78.0. The number of hydrogen-bond acceptors (Lipinski definition) is 24. The molecule has 3 saturated heterocycles. The third-order valence-corrected chi connectivity index (χ3v) is 29.5. The Labute approximate surface area is 805 Å². The number of alkyl halides is 2. The zero-order valence-corrected chi connectivity index (χ0v) is 82.2. The third-order valence-electron chi connectivity index (χ3n) is 29.5. The van der Waals surface area contributed by atoms with Crippen molar-refractivity contribution < 1.29 is 150 Å². The monoisotopic (exact) mass is 1930 g/mol. The number of amides is 6. The van der Waals surface area contributed by atoms with Crippen molar-refractivity contribution in [1.82, 2.24) is 60.6 Å². The topological polar surface area (TPSA) is 360 Å². The number of carbonyl (C=O) groups excluding carboxylic acids is 9. The van der Waals surface area contributed by atoms with E-state index in [2.05, 4.69) is 38.5 Å². The first-order valence-electron chi connectivity index (χ1n) is 46.4. The second kappa shape index (κ2) is 39.9. The van der Waals surface area contributed by atoms with E-state index in [0.29, 0.717) is 108 Å². The number of rotatable bonds is 8. The van der Waals surface area contributed by atoms with Crippen LogP contribution >= 0.6 is 0 Å². The van der Waals surface area contributed by atoms with E-state index in [9.17, 15) is 43.2 Å². The van der Waals surface area contributed by atoms with Crippen molar-refractivity contribution in [1.29, 1.82) is 0 Å². The molecule has 9 fully saturated rings. The first-order valence-corrected chi connectivity index (χ1v) is 46.4. The van der Waals surface area contributed by atoms with Gasteiger partial charge in [-0.25, -0.2) is 71.9 Å². The minimum absolute atomic E-state index is 0. The molecule has 30 nitrogen and oxygen atoms in total. The molecular weight excluding hydrogens is 1810 g/mol. The number of carbonyl (C=O) groups is 6. The molecule has 3 radical (unpaired) electrons. The summed E-state index contributed by atoms with van der Waals surface area (Å²) in [7, 11) is 4.74. The van der Waals surface area contributed by atoms with Crippen LogP contribution in [0, 0.1) is 68.5 Å². The fourth-order valence-electron chi connectivity index (χ4n) is 21.1. The van der Waals surface area contributed by atoms with Gasteiger partial charge >= 0.3 is 18.3 Å². The number of hydrogen-bond donors (Lipinski definition) is 3. The van der Waals surface area contributed by atoms with Gasteiger partial charge in [-0.05, 0) is 183 Å². The predicted molar refractivity (Wildman–Crippen MR) is 470 cm³/mol. The summed E-state index contributed by atoms with van der Waals surface area (Å²) in [6.07, 6.45) is 19.1. The van der Waals surface area contributed by atoms with Crippen LogP contribution < -0.4 is 44.4 Å². The normalized spacial score (nSPS) is 31.0. The van der Waals surface area contributed by atoms with Crippen molar-refractivity contribution in [3.8, 4) is 34.9 Å². The van der Waals surface area contributed by atoms with Gasteiger partial charge in [-0.3, -0.25) is 14.4 Å². The van der Waals surface area contributed by atoms with Crippen LogP contribution in [0.5, 0.6) is 34.9 Å². The Morgan fingerprint density at radius 1 is 0.432 bits per heavy atom. The molecule has 6 aromatic rings. The summed E-state index contributed by atoms with van der Waals surface area (Å²) in [6, 6.07) is 10.9. The van der Waals surface area contributed by atoms with Crippen molar-refractivity contribution in [2.45, 2.75) is 296 Å². The molecule has 12 aliphatic rings. The summed E-state index contributed by atoms with van der Waals surface area (Å²) in [5.74, 6) is -3.88. The molecule has 6 aliphatic carbocycles. The number of halogens is 2. The van der Waals surface area contributed by atoms with E-state index in [-0.39, 0.29) is 152 Å². The molecule has 6 bridgehead atoms. The SMILES string of the molecule is CC[C@@H]1[C@@H]2CN(C(=O)[C@H](C(C)(C)C)NC(=O)O[C@@H]3C[C@H]3C3(CCCCc4nc5ccc(OC)cc5nc4O2)CC3)[C@@H]1[C-]=O.CC[C@@H]1[C@@H]2CN(C(=O)[C@H](C(C)(C)C)NC(=O)O[C@@H]3C[C@H]3CCCC3C(c4nc5ccc(OC)cc5nc4O2)C3(F)F)[C@@H]1[C-]=O.COc1ccc2nc3c(nc2c1)O[C@H]1CN(C(=O)[C@H](C(C)(C)C)NC(=O)O[C@@H]2C[C@H]2C2(CCCC3)CC2)[C@H]([C-]=O)[C@@H]1C.[V].[V].[V]. The number of aryl methyl sites for hydroxylation is 2. The Kier molecular flexibility index (Phi) is 30.5. The molecule has 35 heteroatoms. The standard InChI is InChI=1S/C33H43N4O6.C32H39F2N4O6.C32H41N4O6.3V/c1-6-20-25(18-38)37-17-27(20)42-29-23(34-22-11-10-19(41-5)15-24(22)35-29)9-7-8-12-33(13-14-33)21-16-26(21)43-31(40)36-28(30(37)39)32(2,3)4;1-6-18-22(15-39)38-14-24(18)43-28-26(35-20-11-10-17(42-5)13-21(20)36-28)25-19(32(25,33)34)9-7-8-16-12-23(16)44-30(41)37-27(29(38)40)31(2,3)4;1-18-24(17-37)36-16-26(18)41-28-22(33-21-10-9-19(40-5)14-23(21)34-28)8-6-7-11-32(12-13-32)20-15-25(20)42-30(39)35-27(29(36)38)31(2,3)4;;;/h10-11,15,20-21,25-28H,6-9,12-14,16-17H2,1-5H3,(H,36,40);10-11,13,16,18-19,22-25,27H,6-9,12,14H2,1-5H3,(H,37,41);9-10,14,18,20,24-27H,6-8,11-13,15-16H2,1-5H3,(H,35,39);;;/q3*-1;;;/t20-,21+,25+,26+,27-,28+;16-,18+,19?,22-,23-,24+,25?,27-;18-,20+,24+,25+,26-,27+;;;/m010.../s1. The summed E-state index contributed by atoms with van der Waals surface area (Å²) in [6.45, 7) is 22.8. The Morgan fingerprint density at radius 2 is 0.803 bits per heavy atom. The first-order chi connectivity index (χ1) is 61.5. The Bertz CT molecular complexity index is 5290. The van der Waals surface area contributed by atoms with Crippen molar-refractivity contribution in [3.05, 3.63) is 71.7 Å². The molecule has 2 spiro atoms. The second-order valence-corrected chi connectivity index (χ2v) is 41.2. The van der Waals surface area contributed by atoms with Crippen molar-refractivity contribution in [3.63, 3.8) is 0 Å². The minimum atomic E-state index is -2.99. The van der Waals surface area contributed by atoms with Gasteiger partial charge < -0.3 is 87.7 Å². The third kappa shape index (κ3) is 21.1. The summed E-state index contributed by atoms with van der Waals surface area (Å²) < 4.78 is 83.8. The van der Waals surface area contributed by atoms with Gasteiger partial charge in [0.2, 0.25) is 35.4 Å². The number of ether oxygens (including phenoxy) is 9. The molecular formula is C97H123F2N12O18V3-3. The van der Waals surface area contributed by atoms with Crippen LogP contribution in [0.15, 0.2) is 54.6 Å². The van der Waals surface area contributed by atoms with E-state index in [1.807, 2.05) is 126 Å². The molecule has 9 heterocycles. The molecule has 3 N–H and O–H groups in total. The Morgan fingerprint density at radius 3 is 1.19 bits per heavy atom. The van der Waals surface area contributed by atoms with Gasteiger partial charge in [0.25, 0.3) is 5.92 Å². The molecule has 6 aliphatic heterocycles. The zero-order chi connectivity index (χ0) is 91.9. The maximum atomic E-state index is 15.4. The summed E-state index contributed by atoms with van der Waals surface area (Å²) >= 11 is 0. The van der Waals surface area contributed by atoms with Gasteiger partial charge in [0, 0.05) is 91.6 Å². The van der Waals surface area contributed by atoms with Gasteiger partial charge in [0.05, 0.1) is 80.0 Å². The van der Waals surface area contributed by atoms with E-state index in [1.165, 1.54) is 21.8 Å². The largest absolute Gasteiger partial charge is 0.540 e. The van der Waals surface area contributed by atoms with Crippen LogP contribution in [0.2, 0.25) is 0 Å². The maximum absolute atomic E-state index is 15.4. The number of methoxy groups -OCH3 is 3. The van der Waals surface area contributed by atoms with Gasteiger partial charge in [0.15, 0.2) is 0 Å². The van der Waals surface area contributed by atoms with Crippen LogP contribution in [0.4, 0.5) is 23.2 Å². The Balaban J connectivity index is 0.000000166. The van der Waals surface area contributed by atoms with Crippen molar-refractivity contribution in [2.24, 2.45) is 68.5 Å². The predicted octanol–water partition coefficient (Wildman–Crippen LogP) is 13.9. The molecule has 3 aromatic carbocycles. The maximum Gasteiger partial charge on any atom is 0.408 e. The average Bonchev–Trinajstić information content (AvgIpc) is 1.52. The molecule has 3 aromatic heterocycles. The summed E-state index contributed by atoms with van der Waals surface area (Å²) in [4.78, 5) is 151.